The lowest BCUT2D eigenvalue weighted by Crippen LogP contribution is -2.45. The lowest BCUT2D eigenvalue weighted by molar-refractivity contribution is -0.159. The maximum absolute atomic E-state index is 12.4. The van der Waals surface area contributed by atoms with Crippen LogP contribution in [0.25, 0.3) is 0 Å². The third kappa shape index (κ3) is 11.5. The zero-order chi connectivity index (χ0) is 37.8. The molecule has 4 heterocycles. The van der Waals surface area contributed by atoms with Gasteiger partial charge in [0.2, 0.25) is 0 Å². The lowest BCUT2D eigenvalue weighted by atomic mass is 10.0. The molecule has 2 aliphatic heterocycles. The van der Waals surface area contributed by atoms with Gasteiger partial charge < -0.3 is 14.9 Å². The van der Waals surface area contributed by atoms with Crippen molar-refractivity contribution in [2.45, 2.75) is 88.5 Å². The summed E-state index contributed by atoms with van der Waals surface area (Å²) in [6.45, 7) is 5.10. The van der Waals surface area contributed by atoms with Crippen LogP contribution in [0.5, 0.6) is 5.75 Å². The molecule has 16 nitrogen and oxygen atoms in total. The van der Waals surface area contributed by atoms with Crippen LogP contribution in [0.3, 0.4) is 0 Å². The standard InChI is InChI=1S/C23H32N4O3S.C8H12BrN3O2.C2H2O4/c1-16-24-22(28)27(23(29)25(16)2)12-4-11-26-18-7-8-19(26)14-21(13-18)31-15-17-5-9-20(30-3)10-6-17;1-6-10-7(13)12(5-3-4-9)8(14)11(6)2;3-1(4)2(5)6/h5-6,9-10,18-19,21H,4,7-8,11-15H2,1-3H3;3-5H2,1-2H3;(H,3,4)(H,5,6). The Labute approximate surface area is 307 Å². The van der Waals surface area contributed by atoms with Crippen molar-refractivity contribution >= 4 is 39.6 Å². The normalized spacial score (nSPS) is 17.9. The van der Waals surface area contributed by atoms with Crippen LogP contribution in [0.15, 0.2) is 43.4 Å². The van der Waals surface area contributed by atoms with Gasteiger partial charge in [-0.3, -0.25) is 14.0 Å². The molecule has 0 amide bonds. The van der Waals surface area contributed by atoms with Gasteiger partial charge in [0.1, 0.15) is 17.4 Å². The maximum atomic E-state index is 12.4. The number of carboxylic acids is 2. The number of ether oxygens (including phenoxy) is 1. The third-order valence-corrected chi connectivity index (χ3v) is 10.9. The Balaban J connectivity index is 0.000000290. The molecule has 0 saturated carbocycles. The number of benzene rings is 1. The molecule has 0 radical (unpaired) electrons. The summed E-state index contributed by atoms with van der Waals surface area (Å²) in [5.41, 5.74) is -0.124. The van der Waals surface area contributed by atoms with Crippen LogP contribution in [0.4, 0.5) is 0 Å². The first kappa shape index (κ1) is 41.4. The number of alkyl halides is 1. The van der Waals surface area contributed by atoms with Gasteiger partial charge in [-0.25, -0.2) is 37.9 Å². The molecule has 2 aromatic heterocycles. The highest BCUT2D eigenvalue weighted by Crippen LogP contribution is 2.41. The molecule has 2 fully saturated rings. The lowest BCUT2D eigenvalue weighted by Gasteiger charge is -2.38. The van der Waals surface area contributed by atoms with Gasteiger partial charge in [-0.15, -0.1) is 0 Å². The van der Waals surface area contributed by atoms with E-state index in [0.29, 0.717) is 42.1 Å². The fourth-order valence-corrected chi connectivity index (χ4v) is 7.61. The van der Waals surface area contributed by atoms with Crippen molar-refractivity contribution in [3.05, 3.63) is 83.4 Å². The minimum Gasteiger partial charge on any atom is -0.497 e. The van der Waals surface area contributed by atoms with Crippen molar-refractivity contribution in [1.82, 2.24) is 33.1 Å². The number of hydrogen-bond acceptors (Lipinski definition) is 11. The van der Waals surface area contributed by atoms with E-state index in [1.165, 1.54) is 44.9 Å². The van der Waals surface area contributed by atoms with E-state index in [2.05, 4.69) is 54.7 Å². The van der Waals surface area contributed by atoms with Crippen molar-refractivity contribution in [2.75, 3.05) is 19.0 Å². The number of aliphatic carboxylic acids is 2. The molecule has 3 aromatic rings. The largest absolute Gasteiger partial charge is 0.497 e. The number of carbonyl (C=O) groups is 2. The number of methoxy groups -OCH3 is 1. The quantitative estimate of drug-likeness (QED) is 0.210. The first-order chi connectivity index (χ1) is 24.2. The van der Waals surface area contributed by atoms with E-state index >= 15 is 0 Å². The smallest absolute Gasteiger partial charge is 0.414 e. The number of fused-ring (bicyclic) bond motifs is 2. The number of hydrogen-bond donors (Lipinski definition) is 2. The number of aromatic nitrogens is 6. The van der Waals surface area contributed by atoms with Gasteiger partial charge in [0.05, 0.1) is 7.11 Å². The number of halogens is 1. The zero-order valence-corrected chi connectivity index (χ0v) is 31.9. The van der Waals surface area contributed by atoms with E-state index in [9.17, 15) is 19.2 Å². The second-order valence-electron chi connectivity index (χ2n) is 12.3. The summed E-state index contributed by atoms with van der Waals surface area (Å²) in [4.78, 5) is 75.9. The summed E-state index contributed by atoms with van der Waals surface area (Å²) in [5, 5.41) is 16.2. The number of piperidine rings is 1. The number of nitrogens with zero attached hydrogens (tertiary/aromatic N) is 7. The fraction of sp³-hybridized carbons (Fsp3) is 0.576. The van der Waals surface area contributed by atoms with E-state index in [4.69, 9.17) is 24.5 Å². The van der Waals surface area contributed by atoms with E-state index in [0.717, 1.165) is 40.8 Å². The van der Waals surface area contributed by atoms with Gasteiger partial charge in [-0.2, -0.15) is 21.7 Å². The highest BCUT2D eigenvalue weighted by molar-refractivity contribution is 9.09. The Morgan fingerprint density at radius 2 is 1.29 bits per heavy atom. The minimum atomic E-state index is -1.82. The van der Waals surface area contributed by atoms with E-state index in [1.54, 1.807) is 35.1 Å². The highest BCUT2D eigenvalue weighted by Gasteiger charge is 2.40. The molecule has 2 aliphatic rings. The number of aryl methyl sites for hydroxylation is 2. The van der Waals surface area contributed by atoms with Crippen molar-refractivity contribution in [3.8, 4) is 5.75 Å². The predicted octanol–water partition coefficient (Wildman–Crippen LogP) is 1.77. The van der Waals surface area contributed by atoms with E-state index in [1.807, 2.05) is 12.1 Å². The maximum Gasteiger partial charge on any atom is 0.414 e. The third-order valence-electron chi connectivity index (χ3n) is 8.97. The second-order valence-corrected chi connectivity index (χ2v) is 14.3. The Morgan fingerprint density at radius 3 is 1.73 bits per heavy atom. The molecule has 1 aromatic carbocycles. The van der Waals surface area contributed by atoms with Crippen molar-refractivity contribution in [3.63, 3.8) is 0 Å². The van der Waals surface area contributed by atoms with Gasteiger partial charge >= 0.3 is 34.7 Å². The summed E-state index contributed by atoms with van der Waals surface area (Å²) in [5.74, 6) is -0.805. The molecule has 2 saturated heterocycles. The van der Waals surface area contributed by atoms with Crippen LogP contribution in [-0.4, -0.2) is 91.6 Å². The average molecular weight is 797 g/mol. The molecule has 0 aliphatic carbocycles. The Hall–Kier alpha value is -4.03. The highest BCUT2D eigenvalue weighted by atomic mass is 79.9. The number of carboxylic acid groups (broad SMARTS) is 2. The van der Waals surface area contributed by atoms with Gasteiger partial charge in [-0.05, 0) is 70.1 Å². The fourth-order valence-electron chi connectivity index (χ4n) is 6.02. The average Bonchev–Trinajstić information content (AvgIpc) is 3.33. The van der Waals surface area contributed by atoms with Crippen molar-refractivity contribution in [2.24, 2.45) is 14.1 Å². The monoisotopic (exact) mass is 795 g/mol. The Bertz CT molecular complexity index is 1870. The topological polar surface area (TPSA) is 201 Å². The van der Waals surface area contributed by atoms with Crippen LogP contribution in [-0.2, 0) is 42.5 Å². The van der Waals surface area contributed by atoms with Crippen molar-refractivity contribution in [1.29, 1.82) is 0 Å². The summed E-state index contributed by atoms with van der Waals surface area (Å²) in [7, 11) is 4.97. The molecule has 2 N–H and O–H groups in total. The molecule has 2 atom stereocenters. The van der Waals surface area contributed by atoms with Crippen LogP contribution >= 0.6 is 27.7 Å². The van der Waals surface area contributed by atoms with Crippen LogP contribution in [0.1, 0.15) is 55.7 Å². The molecule has 280 valence electrons. The van der Waals surface area contributed by atoms with Crippen molar-refractivity contribution < 1.29 is 24.5 Å². The summed E-state index contributed by atoms with van der Waals surface area (Å²) < 4.78 is 10.5. The SMILES string of the molecule is COc1ccc(CSC2CC3CCC(C2)N3CCCn2c(=O)nc(C)n(C)c2=O)cc1.Cc1nc(=O)n(CCCBr)c(=O)n1C.O=C(O)C(=O)O. The molecule has 51 heavy (non-hydrogen) atoms. The predicted molar refractivity (Wildman–Crippen MR) is 196 cm³/mol. The summed E-state index contributed by atoms with van der Waals surface area (Å²) in [6.07, 6.45) is 6.52. The molecule has 2 bridgehead atoms. The Morgan fingerprint density at radius 1 is 0.824 bits per heavy atom. The van der Waals surface area contributed by atoms with E-state index < -0.39 is 23.3 Å². The number of thioether (sulfide) groups is 1. The number of rotatable bonds is 11. The molecule has 2 unspecified atom stereocenters. The van der Waals surface area contributed by atoms with Gasteiger partial charge in [0.25, 0.3) is 0 Å². The van der Waals surface area contributed by atoms with Crippen LogP contribution in [0, 0.1) is 13.8 Å². The molecule has 5 rings (SSSR count). The van der Waals surface area contributed by atoms with E-state index in [-0.39, 0.29) is 11.4 Å². The first-order valence-corrected chi connectivity index (χ1v) is 18.7. The van der Waals surface area contributed by atoms with Gasteiger partial charge in [0.15, 0.2) is 0 Å². The minimum absolute atomic E-state index is 0.269. The van der Waals surface area contributed by atoms with Gasteiger partial charge in [-0.1, -0.05) is 28.1 Å². The zero-order valence-electron chi connectivity index (χ0n) is 29.5. The molecular weight excluding hydrogens is 750 g/mol. The van der Waals surface area contributed by atoms with Crippen LogP contribution < -0.4 is 27.5 Å². The van der Waals surface area contributed by atoms with Crippen LogP contribution in [0.2, 0.25) is 0 Å². The summed E-state index contributed by atoms with van der Waals surface area (Å²) in [6, 6.07) is 9.63. The first-order valence-electron chi connectivity index (χ1n) is 16.5. The molecule has 18 heteroatoms. The molecular formula is C33H46BrN7O9S. The summed E-state index contributed by atoms with van der Waals surface area (Å²) >= 11 is 5.32. The molecule has 0 spiro atoms. The Kier molecular flexibility index (Phi) is 15.9. The second kappa shape index (κ2) is 19.5. The van der Waals surface area contributed by atoms with Gasteiger partial charge in [0, 0.05) is 62.1 Å².